The van der Waals surface area contributed by atoms with Crippen molar-refractivity contribution in [2.45, 2.75) is 52.1 Å². The summed E-state index contributed by atoms with van der Waals surface area (Å²) in [5, 5.41) is 0. The van der Waals surface area contributed by atoms with Gasteiger partial charge in [0.15, 0.2) is 0 Å². The van der Waals surface area contributed by atoms with Gasteiger partial charge in [-0.05, 0) is 33.6 Å². The summed E-state index contributed by atoms with van der Waals surface area (Å²) in [6, 6.07) is 0. The molecule has 0 aromatic carbocycles. The Balaban J connectivity index is 1.72. The summed E-state index contributed by atoms with van der Waals surface area (Å²) in [4.78, 5) is 53.5. The molecule has 14 heteroatoms. The number of nitrogens with zero attached hydrogens (tertiary/aromatic N) is 3. The van der Waals surface area contributed by atoms with Gasteiger partial charge in [0.1, 0.15) is 5.60 Å². The monoisotopic (exact) mass is 657 g/mol. The van der Waals surface area contributed by atoms with Crippen molar-refractivity contribution in [3.8, 4) is 0 Å². The second-order valence-electron chi connectivity index (χ2n) is 11.9. The van der Waals surface area contributed by atoms with E-state index in [1.54, 1.807) is 4.90 Å². The predicted octanol–water partition coefficient (Wildman–Crippen LogP) is 1.06. The van der Waals surface area contributed by atoms with Crippen LogP contribution in [0.4, 0.5) is 0 Å². The second-order valence-corrected chi connectivity index (χ2v) is 11.9. The van der Waals surface area contributed by atoms with Crippen molar-refractivity contribution in [3.05, 3.63) is 12.2 Å². The lowest BCUT2D eigenvalue weighted by Gasteiger charge is -2.25. The summed E-state index contributed by atoms with van der Waals surface area (Å²) in [5.74, 6) is -0.847. The Bertz CT molecular complexity index is 881. The maximum absolute atomic E-state index is 12.9. The zero-order valence-electron chi connectivity index (χ0n) is 28.0. The molecule has 2 aliphatic heterocycles. The SMILES string of the molecule is CC(C)(C)OC(=O)CN1CCOCCOCCOCCN(C(=O)CCCCCN2C(=O)C=CC2=O)CCOCCOCCOCC1. The highest BCUT2D eigenvalue weighted by Gasteiger charge is 2.22. The standard InChI is InChI=1S/C32H55N3O11/c1-32(2,3)46-31(39)27-33-11-15-40-19-23-44-25-21-42-17-13-34(14-18-43-22-26-45-24-20-41-16-12-33)28(36)7-5-4-6-10-35-29(37)8-9-30(35)38/h8-9H,4-7,10-27H2,1-3H3. The molecule has 2 rings (SSSR count). The van der Waals surface area contributed by atoms with E-state index in [9.17, 15) is 19.2 Å². The van der Waals surface area contributed by atoms with Gasteiger partial charge < -0.3 is 38.1 Å². The van der Waals surface area contributed by atoms with Gasteiger partial charge >= 0.3 is 5.97 Å². The van der Waals surface area contributed by atoms with Crippen LogP contribution in [0.2, 0.25) is 0 Å². The van der Waals surface area contributed by atoms with Crippen molar-refractivity contribution in [2.24, 2.45) is 0 Å². The van der Waals surface area contributed by atoms with Gasteiger partial charge in [0.2, 0.25) is 5.91 Å². The van der Waals surface area contributed by atoms with Crippen molar-refractivity contribution in [1.82, 2.24) is 14.7 Å². The molecule has 46 heavy (non-hydrogen) atoms. The quantitative estimate of drug-likeness (QED) is 0.209. The third kappa shape index (κ3) is 19.3. The van der Waals surface area contributed by atoms with E-state index in [1.165, 1.54) is 17.1 Å². The largest absolute Gasteiger partial charge is 0.459 e. The molecule has 0 atom stereocenters. The molecule has 1 saturated heterocycles. The van der Waals surface area contributed by atoms with Gasteiger partial charge in [0.25, 0.3) is 11.8 Å². The van der Waals surface area contributed by atoms with Crippen LogP contribution in [0.15, 0.2) is 12.2 Å². The summed E-state index contributed by atoms with van der Waals surface area (Å²) in [6.07, 6.45) is 4.97. The molecule has 264 valence electrons. The van der Waals surface area contributed by atoms with Gasteiger partial charge in [-0.25, -0.2) is 0 Å². The minimum atomic E-state index is -0.547. The molecule has 3 amide bonds. The predicted molar refractivity (Wildman–Crippen MR) is 168 cm³/mol. The molecular formula is C32H55N3O11. The van der Waals surface area contributed by atoms with Crippen LogP contribution in [-0.2, 0) is 52.3 Å². The summed E-state index contributed by atoms with van der Waals surface area (Å²) in [7, 11) is 0. The minimum absolute atomic E-state index is 0.00934. The Morgan fingerprint density at radius 2 is 1.09 bits per heavy atom. The van der Waals surface area contributed by atoms with E-state index >= 15 is 0 Å². The van der Waals surface area contributed by atoms with Crippen LogP contribution in [0.25, 0.3) is 0 Å². The molecule has 1 fully saturated rings. The number of hydrogen-bond acceptors (Lipinski definition) is 12. The van der Waals surface area contributed by atoms with Gasteiger partial charge in [-0.1, -0.05) is 6.42 Å². The molecule has 2 heterocycles. The van der Waals surface area contributed by atoms with Crippen molar-refractivity contribution in [1.29, 1.82) is 0 Å². The highest BCUT2D eigenvalue weighted by molar-refractivity contribution is 6.12. The van der Waals surface area contributed by atoms with Gasteiger partial charge in [-0.15, -0.1) is 0 Å². The normalized spacial score (nSPS) is 20.4. The van der Waals surface area contributed by atoms with Gasteiger partial charge in [-0.2, -0.15) is 0 Å². The maximum atomic E-state index is 12.9. The van der Waals surface area contributed by atoms with E-state index in [2.05, 4.69) is 0 Å². The zero-order chi connectivity index (χ0) is 33.5. The fourth-order valence-electron chi connectivity index (χ4n) is 4.54. The average molecular weight is 658 g/mol. The number of esters is 1. The van der Waals surface area contributed by atoms with Crippen LogP contribution in [0.5, 0.6) is 0 Å². The number of imide groups is 1. The third-order valence-corrected chi connectivity index (χ3v) is 6.90. The fraction of sp³-hybridized carbons (Fsp3) is 0.812. The van der Waals surface area contributed by atoms with Crippen LogP contribution in [-0.4, -0.2) is 163 Å². The first-order valence-electron chi connectivity index (χ1n) is 16.4. The van der Waals surface area contributed by atoms with Gasteiger partial charge in [0.05, 0.1) is 85.8 Å². The number of amides is 3. The smallest absolute Gasteiger partial charge is 0.320 e. The first-order valence-corrected chi connectivity index (χ1v) is 16.4. The fourth-order valence-corrected chi connectivity index (χ4v) is 4.54. The Hall–Kier alpha value is -2.46. The van der Waals surface area contributed by atoms with E-state index in [4.69, 9.17) is 33.2 Å². The molecule has 0 aromatic heterocycles. The number of carbonyl (C=O) groups is 4. The van der Waals surface area contributed by atoms with E-state index in [1.807, 2.05) is 25.7 Å². The molecular weight excluding hydrogens is 602 g/mol. The van der Waals surface area contributed by atoms with Crippen LogP contribution >= 0.6 is 0 Å². The number of rotatable bonds is 8. The number of carbonyl (C=O) groups excluding carboxylic acids is 4. The first kappa shape index (κ1) is 39.7. The molecule has 0 unspecified atom stereocenters. The number of hydrogen-bond donors (Lipinski definition) is 0. The Morgan fingerprint density at radius 3 is 1.54 bits per heavy atom. The van der Waals surface area contributed by atoms with Crippen LogP contribution < -0.4 is 0 Å². The van der Waals surface area contributed by atoms with Crippen LogP contribution in [0.1, 0.15) is 46.5 Å². The summed E-state index contributed by atoms with van der Waals surface area (Å²) in [6.45, 7) is 12.9. The van der Waals surface area contributed by atoms with Crippen LogP contribution in [0.3, 0.4) is 0 Å². The highest BCUT2D eigenvalue weighted by Crippen LogP contribution is 2.10. The Labute approximate surface area is 273 Å². The van der Waals surface area contributed by atoms with Crippen molar-refractivity contribution in [3.63, 3.8) is 0 Å². The lowest BCUT2D eigenvalue weighted by atomic mass is 10.1. The second kappa shape index (κ2) is 23.8. The topological polar surface area (TPSA) is 143 Å². The number of ether oxygens (including phenoxy) is 7. The summed E-state index contributed by atoms with van der Waals surface area (Å²) in [5.41, 5.74) is -0.547. The lowest BCUT2D eigenvalue weighted by molar-refractivity contribution is -0.156. The van der Waals surface area contributed by atoms with Gasteiger partial charge in [-0.3, -0.25) is 29.0 Å². The first-order chi connectivity index (χ1) is 22.2. The molecule has 0 aromatic rings. The van der Waals surface area contributed by atoms with Crippen molar-refractivity contribution < 1.29 is 52.3 Å². The van der Waals surface area contributed by atoms with Gasteiger partial charge in [0, 0.05) is 51.3 Å². The molecule has 0 bridgehead atoms. The van der Waals surface area contributed by atoms with E-state index in [-0.39, 0.29) is 30.2 Å². The Morgan fingerprint density at radius 1 is 0.652 bits per heavy atom. The van der Waals surface area contributed by atoms with Crippen LogP contribution in [0, 0.1) is 0 Å². The zero-order valence-corrected chi connectivity index (χ0v) is 28.0. The molecule has 0 saturated carbocycles. The molecule has 0 spiro atoms. The molecule has 2 aliphatic rings. The summed E-state index contributed by atoms with van der Waals surface area (Å²) < 4.78 is 39.4. The van der Waals surface area contributed by atoms with Crippen molar-refractivity contribution >= 4 is 23.7 Å². The molecule has 14 nitrogen and oxygen atoms in total. The Kier molecular flexibility index (Phi) is 20.5. The van der Waals surface area contributed by atoms with E-state index in [0.717, 1.165) is 6.42 Å². The summed E-state index contributed by atoms with van der Waals surface area (Å²) >= 11 is 0. The van der Waals surface area contributed by atoms with E-state index in [0.29, 0.717) is 131 Å². The third-order valence-electron chi connectivity index (χ3n) is 6.90. The molecule has 0 radical (unpaired) electrons. The maximum Gasteiger partial charge on any atom is 0.320 e. The number of unbranched alkanes of at least 4 members (excludes halogenated alkanes) is 2. The highest BCUT2D eigenvalue weighted by atomic mass is 16.6. The average Bonchev–Trinajstić information content (AvgIpc) is 3.31. The molecule has 0 N–H and O–H groups in total. The molecule has 0 aliphatic carbocycles. The lowest BCUT2D eigenvalue weighted by Crippen LogP contribution is -2.38. The minimum Gasteiger partial charge on any atom is -0.459 e. The van der Waals surface area contributed by atoms with Crippen molar-refractivity contribution in [2.75, 3.05) is 119 Å². The van der Waals surface area contributed by atoms with E-state index < -0.39 is 5.60 Å².